The van der Waals surface area contributed by atoms with Crippen molar-refractivity contribution in [2.75, 3.05) is 0 Å². The number of hydrogen-bond acceptors (Lipinski definition) is 2. The van der Waals surface area contributed by atoms with Crippen molar-refractivity contribution in [1.82, 2.24) is 5.32 Å². The van der Waals surface area contributed by atoms with Gasteiger partial charge in [0.15, 0.2) is 0 Å². The van der Waals surface area contributed by atoms with Crippen LogP contribution in [0.1, 0.15) is 26.3 Å². The monoisotopic (exact) mass is 329 g/mol. The van der Waals surface area contributed by atoms with Gasteiger partial charge in [0.25, 0.3) is 0 Å². The lowest BCUT2D eigenvalue weighted by atomic mass is 9.88. The Morgan fingerprint density at radius 3 is 2.48 bits per heavy atom. The van der Waals surface area contributed by atoms with E-state index in [1.165, 1.54) is 19.1 Å². The number of halogens is 2. The van der Waals surface area contributed by atoms with Crippen LogP contribution < -0.4 is 5.32 Å². The molecule has 0 aliphatic rings. The van der Waals surface area contributed by atoms with E-state index in [0.29, 0.717) is 15.6 Å². The number of nitrogens with one attached hydrogen (secondary N) is 1. The summed E-state index contributed by atoms with van der Waals surface area (Å²) in [5, 5.41) is 12.7. The average molecular weight is 330 g/mol. The van der Waals surface area contributed by atoms with Crippen LogP contribution in [0.2, 0.25) is 10.0 Å². The smallest absolute Gasteiger partial charge is 0.329 e. The molecule has 0 bridgehead atoms. The number of benzene rings is 1. The van der Waals surface area contributed by atoms with Crippen molar-refractivity contribution in [2.45, 2.75) is 26.3 Å². The van der Waals surface area contributed by atoms with Gasteiger partial charge in [-0.05, 0) is 42.7 Å². The van der Waals surface area contributed by atoms with Gasteiger partial charge in [0.2, 0.25) is 5.91 Å². The summed E-state index contributed by atoms with van der Waals surface area (Å²) in [5.41, 5.74) is -0.750. The highest BCUT2D eigenvalue weighted by atomic mass is 35.5. The van der Waals surface area contributed by atoms with Crippen molar-refractivity contribution in [3.05, 3.63) is 39.9 Å². The normalized spacial score (nSPS) is 14.2. The summed E-state index contributed by atoms with van der Waals surface area (Å²) in [7, 11) is 0. The van der Waals surface area contributed by atoms with Gasteiger partial charge in [-0.1, -0.05) is 37.0 Å². The molecule has 0 saturated heterocycles. The standard InChI is InChI=1S/C15H17Cl2NO3/c1-9(2)15(3,14(20)21)18-13(19)7-4-10-8-11(16)5-6-12(10)17/h4-9H,1-3H3,(H,18,19)(H,20,21)/b7-4+. The third-order valence-electron chi connectivity index (χ3n) is 3.35. The van der Waals surface area contributed by atoms with Gasteiger partial charge in [0.1, 0.15) is 5.54 Å². The lowest BCUT2D eigenvalue weighted by molar-refractivity contribution is -0.148. The maximum Gasteiger partial charge on any atom is 0.329 e. The molecular formula is C15H17Cl2NO3. The summed E-state index contributed by atoms with van der Waals surface area (Å²) in [6, 6.07) is 4.88. The first-order valence-corrected chi connectivity index (χ1v) is 7.11. The minimum Gasteiger partial charge on any atom is -0.480 e. The number of rotatable bonds is 5. The lowest BCUT2D eigenvalue weighted by Crippen LogP contribution is -2.55. The first kappa shape index (κ1) is 17.5. The molecule has 1 aromatic carbocycles. The molecule has 0 saturated carbocycles. The van der Waals surface area contributed by atoms with E-state index in [1.807, 2.05) is 0 Å². The van der Waals surface area contributed by atoms with Gasteiger partial charge in [0.05, 0.1) is 0 Å². The van der Waals surface area contributed by atoms with Crippen molar-refractivity contribution in [2.24, 2.45) is 5.92 Å². The van der Waals surface area contributed by atoms with E-state index >= 15 is 0 Å². The van der Waals surface area contributed by atoms with E-state index in [4.69, 9.17) is 23.2 Å². The minimum absolute atomic E-state index is 0.262. The number of carboxylic acid groups (broad SMARTS) is 1. The predicted molar refractivity (Wildman–Crippen MR) is 84.5 cm³/mol. The molecule has 0 aromatic heterocycles. The molecule has 0 aliphatic heterocycles. The Kier molecular flexibility index (Phi) is 5.81. The number of aliphatic carboxylic acids is 1. The molecule has 1 amide bonds. The fourth-order valence-corrected chi connectivity index (χ4v) is 1.91. The van der Waals surface area contributed by atoms with Crippen LogP contribution in [0.5, 0.6) is 0 Å². The van der Waals surface area contributed by atoms with Gasteiger partial charge in [-0.3, -0.25) is 4.79 Å². The Balaban J connectivity index is 2.88. The number of hydrogen-bond donors (Lipinski definition) is 2. The highest BCUT2D eigenvalue weighted by Gasteiger charge is 2.37. The van der Waals surface area contributed by atoms with Crippen LogP contribution in [0.4, 0.5) is 0 Å². The Hall–Kier alpha value is -1.52. The second kappa shape index (κ2) is 6.96. The lowest BCUT2D eigenvalue weighted by Gasteiger charge is -2.29. The Bertz CT molecular complexity index is 584. The Labute approximate surface area is 133 Å². The molecular weight excluding hydrogens is 313 g/mol. The van der Waals surface area contributed by atoms with Gasteiger partial charge in [0, 0.05) is 16.1 Å². The molecule has 1 atom stereocenters. The van der Waals surface area contributed by atoms with Crippen LogP contribution in [-0.2, 0) is 9.59 Å². The summed E-state index contributed by atoms with van der Waals surface area (Å²) < 4.78 is 0. The van der Waals surface area contributed by atoms with Crippen molar-refractivity contribution < 1.29 is 14.7 Å². The van der Waals surface area contributed by atoms with Crippen molar-refractivity contribution in [1.29, 1.82) is 0 Å². The van der Waals surface area contributed by atoms with E-state index in [0.717, 1.165) is 0 Å². The summed E-state index contributed by atoms with van der Waals surface area (Å²) in [6.45, 7) is 4.93. The third kappa shape index (κ3) is 4.48. The summed E-state index contributed by atoms with van der Waals surface area (Å²) in [5.74, 6) is -1.85. The van der Waals surface area contributed by atoms with E-state index in [9.17, 15) is 14.7 Å². The molecule has 0 spiro atoms. The summed E-state index contributed by atoms with van der Waals surface area (Å²) in [4.78, 5) is 23.2. The molecule has 1 rings (SSSR count). The number of amides is 1. The van der Waals surface area contributed by atoms with Crippen LogP contribution in [-0.4, -0.2) is 22.5 Å². The quantitative estimate of drug-likeness (QED) is 0.810. The molecule has 2 N–H and O–H groups in total. The second-order valence-electron chi connectivity index (χ2n) is 5.15. The molecule has 0 heterocycles. The van der Waals surface area contributed by atoms with Crippen LogP contribution >= 0.6 is 23.2 Å². The first-order valence-electron chi connectivity index (χ1n) is 6.35. The summed E-state index contributed by atoms with van der Waals surface area (Å²) >= 11 is 11.8. The fraction of sp³-hybridized carbons (Fsp3) is 0.333. The van der Waals surface area contributed by atoms with Crippen molar-refractivity contribution >= 4 is 41.2 Å². The zero-order valence-corrected chi connectivity index (χ0v) is 13.5. The van der Waals surface area contributed by atoms with E-state index in [-0.39, 0.29) is 5.92 Å². The van der Waals surface area contributed by atoms with Crippen molar-refractivity contribution in [3.63, 3.8) is 0 Å². The van der Waals surface area contributed by atoms with Crippen LogP contribution in [0.3, 0.4) is 0 Å². The van der Waals surface area contributed by atoms with Crippen molar-refractivity contribution in [3.8, 4) is 0 Å². The van der Waals surface area contributed by atoms with Gasteiger partial charge >= 0.3 is 5.97 Å². The fourth-order valence-electron chi connectivity index (χ4n) is 1.55. The largest absolute Gasteiger partial charge is 0.480 e. The highest BCUT2D eigenvalue weighted by molar-refractivity contribution is 6.34. The topological polar surface area (TPSA) is 66.4 Å². The molecule has 6 heteroatoms. The molecule has 4 nitrogen and oxygen atoms in total. The van der Waals surface area contributed by atoms with Crippen LogP contribution in [0.25, 0.3) is 6.08 Å². The zero-order valence-electron chi connectivity index (χ0n) is 12.0. The summed E-state index contributed by atoms with van der Waals surface area (Å²) in [6.07, 6.45) is 2.73. The maximum atomic E-state index is 11.9. The van der Waals surface area contributed by atoms with Gasteiger partial charge < -0.3 is 10.4 Å². The number of carbonyl (C=O) groups excluding carboxylic acids is 1. The van der Waals surface area contributed by atoms with Crippen LogP contribution in [0, 0.1) is 5.92 Å². The molecule has 114 valence electrons. The van der Waals surface area contributed by atoms with E-state index in [1.54, 1.807) is 32.0 Å². The first-order chi connectivity index (χ1) is 9.66. The number of carbonyl (C=O) groups is 2. The molecule has 1 unspecified atom stereocenters. The molecule has 0 radical (unpaired) electrons. The highest BCUT2D eigenvalue weighted by Crippen LogP contribution is 2.22. The number of carboxylic acids is 1. The van der Waals surface area contributed by atoms with Gasteiger partial charge in [-0.15, -0.1) is 0 Å². The van der Waals surface area contributed by atoms with Gasteiger partial charge in [-0.25, -0.2) is 4.79 Å². The molecule has 0 fully saturated rings. The minimum atomic E-state index is -1.33. The molecule has 1 aromatic rings. The average Bonchev–Trinajstić information content (AvgIpc) is 2.39. The van der Waals surface area contributed by atoms with E-state index < -0.39 is 17.4 Å². The van der Waals surface area contributed by atoms with Crippen LogP contribution in [0.15, 0.2) is 24.3 Å². The van der Waals surface area contributed by atoms with E-state index in [2.05, 4.69) is 5.32 Å². The Morgan fingerprint density at radius 2 is 1.95 bits per heavy atom. The van der Waals surface area contributed by atoms with Gasteiger partial charge in [-0.2, -0.15) is 0 Å². The second-order valence-corrected chi connectivity index (χ2v) is 5.99. The zero-order chi connectivity index (χ0) is 16.2. The maximum absolute atomic E-state index is 11.9. The Morgan fingerprint density at radius 1 is 1.33 bits per heavy atom. The third-order valence-corrected chi connectivity index (χ3v) is 3.93. The predicted octanol–water partition coefficient (Wildman–Crippen LogP) is 3.62. The molecule has 21 heavy (non-hydrogen) atoms. The molecule has 0 aliphatic carbocycles. The SMILES string of the molecule is CC(C)C(C)(NC(=O)/C=C/c1cc(Cl)ccc1Cl)C(=O)O.